The topological polar surface area (TPSA) is 55.9 Å². The highest BCUT2D eigenvalue weighted by Gasteiger charge is 2.07. The minimum absolute atomic E-state index is 0.655. The zero-order valence-electron chi connectivity index (χ0n) is 7.08. The third kappa shape index (κ3) is 1.20. The highest BCUT2D eigenvalue weighted by molar-refractivity contribution is 9.10. The molecule has 3 N–H and O–H groups in total. The van der Waals surface area contributed by atoms with E-state index < -0.39 is 0 Å². The molecule has 0 spiro atoms. The van der Waals surface area contributed by atoms with E-state index in [1.54, 1.807) is 0 Å². The van der Waals surface area contributed by atoms with Gasteiger partial charge in [0.05, 0.1) is 5.52 Å². The second kappa shape index (κ2) is 3.01. The second-order valence-corrected chi connectivity index (χ2v) is 3.60. The van der Waals surface area contributed by atoms with Gasteiger partial charge >= 0.3 is 0 Å². The summed E-state index contributed by atoms with van der Waals surface area (Å²) >= 11 is 3.43. The smallest absolute Gasteiger partial charge is 0.218 e. The van der Waals surface area contributed by atoms with Crippen LogP contribution < -0.4 is 11.3 Å². The number of rotatable bonds is 1. The second-order valence-electron chi connectivity index (χ2n) is 2.75. The van der Waals surface area contributed by atoms with E-state index in [-0.39, 0.29) is 0 Å². The van der Waals surface area contributed by atoms with E-state index in [0.717, 1.165) is 15.5 Å². The Morgan fingerprint density at radius 3 is 2.92 bits per heavy atom. The van der Waals surface area contributed by atoms with Gasteiger partial charge in [-0.05, 0) is 28.1 Å². The van der Waals surface area contributed by atoms with Crippen molar-refractivity contribution in [3.63, 3.8) is 0 Å². The molecular weight excluding hydrogens is 232 g/mol. The molecule has 0 atom stereocenters. The molecule has 13 heavy (non-hydrogen) atoms. The summed E-state index contributed by atoms with van der Waals surface area (Å²) in [6.45, 7) is 0. The maximum atomic E-state index is 5.32. The third-order valence-electron chi connectivity index (χ3n) is 1.99. The maximum absolute atomic E-state index is 5.32. The van der Waals surface area contributed by atoms with Gasteiger partial charge in [0.2, 0.25) is 5.95 Å². The lowest BCUT2D eigenvalue weighted by molar-refractivity contribution is 0.942. The molecule has 0 saturated carbocycles. The molecule has 0 aliphatic carbocycles. The summed E-state index contributed by atoms with van der Waals surface area (Å²) in [6.07, 6.45) is 0. The van der Waals surface area contributed by atoms with Crippen molar-refractivity contribution in [1.29, 1.82) is 0 Å². The lowest BCUT2D eigenvalue weighted by Gasteiger charge is -1.98. The molecule has 0 fully saturated rings. The molecule has 2 aromatic rings. The molecule has 1 heterocycles. The Labute approximate surface area is 83.8 Å². The Hall–Kier alpha value is -1.07. The van der Waals surface area contributed by atoms with Crippen LogP contribution in [0.1, 0.15) is 0 Å². The van der Waals surface area contributed by atoms with Gasteiger partial charge in [0.15, 0.2) is 0 Å². The van der Waals surface area contributed by atoms with Crippen LogP contribution in [0.4, 0.5) is 5.95 Å². The summed E-state index contributed by atoms with van der Waals surface area (Å²) in [5, 5.41) is 0. The van der Waals surface area contributed by atoms with Crippen LogP contribution in [-0.2, 0) is 7.05 Å². The molecular formula is C8H9BrN4. The molecule has 0 aliphatic rings. The first kappa shape index (κ1) is 8.52. The van der Waals surface area contributed by atoms with E-state index in [1.807, 2.05) is 29.8 Å². The zero-order valence-corrected chi connectivity index (χ0v) is 8.67. The molecule has 1 aromatic heterocycles. The SMILES string of the molecule is Cn1c(NN)nc2c(Br)cccc21. The average molecular weight is 241 g/mol. The fraction of sp³-hybridized carbons (Fsp3) is 0.125. The van der Waals surface area contributed by atoms with Crippen LogP contribution in [0.25, 0.3) is 11.0 Å². The number of nitrogens with one attached hydrogen (secondary N) is 1. The fourth-order valence-corrected chi connectivity index (χ4v) is 1.75. The molecule has 0 radical (unpaired) electrons. The number of fused-ring (bicyclic) bond motifs is 1. The number of nitrogens with zero attached hydrogens (tertiary/aromatic N) is 2. The lowest BCUT2D eigenvalue weighted by atomic mass is 10.3. The van der Waals surface area contributed by atoms with Gasteiger partial charge in [-0.3, -0.25) is 5.43 Å². The highest BCUT2D eigenvalue weighted by Crippen LogP contribution is 2.24. The normalized spacial score (nSPS) is 10.7. The number of imidazole rings is 1. The maximum Gasteiger partial charge on any atom is 0.218 e. The third-order valence-corrected chi connectivity index (χ3v) is 2.63. The molecule has 5 heteroatoms. The molecule has 0 saturated heterocycles. The summed E-state index contributed by atoms with van der Waals surface area (Å²) in [7, 11) is 1.91. The Bertz CT molecular complexity index is 449. The summed E-state index contributed by atoms with van der Waals surface area (Å²) in [5.41, 5.74) is 4.50. The predicted octanol–water partition coefficient (Wildman–Crippen LogP) is 1.62. The van der Waals surface area contributed by atoms with Crippen molar-refractivity contribution < 1.29 is 0 Å². The van der Waals surface area contributed by atoms with Gasteiger partial charge in [-0.2, -0.15) is 0 Å². The molecule has 0 amide bonds. The number of aromatic nitrogens is 2. The van der Waals surface area contributed by atoms with Gasteiger partial charge in [-0.1, -0.05) is 6.07 Å². The number of aryl methyl sites for hydroxylation is 1. The zero-order chi connectivity index (χ0) is 9.42. The van der Waals surface area contributed by atoms with Crippen molar-refractivity contribution in [2.24, 2.45) is 12.9 Å². The van der Waals surface area contributed by atoms with Crippen molar-refractivity contribution in [3.05, 3.63) is 22.7 Å². The minimum Gasteiger partial charge on any atom is -0.312 e. The first-order valence-electron chi connectivity index (χ1n) is 3.81. The van der Waals surface area contributed by atoms with Crippen LogP contribution in [0.3, 0.4) is 0 Å². The number of halogens is 1. The summed E-state index contributed by atoms with van der Waals surface area (Å²) in [6, 6.07) is 5.91. The molecule has 4 nitrogen and oxygen atoms in total. The van der Waals surface area contributed by atoms with Crippen molar-refractivity contribution in [2.45, 2.75) is 0 Å². The number of nitrogens with two attached hydrogens (primary N) is 1. The summed E-state index contributed by atoms with van der Waals surface area (Å²) < 4.78 is 2.88. The monoisotopic (exact) mass is 240 g/mol. The van der Waals surface area contributed by atoms with Gasteiger partial charge < -0.3 is 4.57 Å². The van der Waals surface area contributed by atoms with Gasteiger partial charge in [-0.25, -0.2) is 10.8 Å². The van der Waals surface area contributed by atoms with Crippen LogP contribution >= 0.6 is 15.9 Å². The number of para-hydroxylation sites is 1. The Balaban J connectivity index is 2.83. The molecule has 0 aliphatic heterocycles. The number of nitrogen functional groups attached to an aromatic ring is 1. The van der Waals surface area contributed by atoms with E-state index in [9.17, 15) is 0 Å². The molecule has 0 bridgehead atoms. The Kier molecular flexibility index (Phi) is 1.97. The summed E-state index contributed by atoms with van der Waals surface area (Å²) in [5.74, 6) is 5.97. The largest absolute Gasteiger partial charge is 0.312 e. The van der Waals surface area contributed by atoms with E-state index in [1.165, 1.54) is 0 Å². The van der Waals surface area contributed by atoms with Gasteiger partial charge in [0, 0.05) is 11.5 Å². The number of benzene rings is 1. The molecule has 1 aromatic carbocycles. The van der Waals surface area contributed by atoms with E-state index >= 15 is 0 Å². The van der Waals surface area contributed by atoms with Gasteiger partial charge in [0.25, 0.3) is 0 Å². The van der Waals surface area contributed by atoms with E-state index in [2.05, 4.69) is 26.3 Å². The standard InChI is InChI=1S/C8H9BrN4/c1-13-6-4-2-3-5(9)7(6)11-8(13)12-10/h2-4H,10H2,1H3,(H,11,12). The predicted molar refractivity (Wildman–Crippen MR) is 56.2 cm³/mol. The van der Waals surface area contributed by atoms with E-state index in [0.29, 0.717) is 5.95 Å². The minimum atomic E-state index is 0.655. The van der Waals surface area contributed by atoms with Crippen molar-refractivity contribution in [1.82, 2.24) is 9.55 Å². The Morgan fingerprint density at radius 1 is 1.54 bits per heavy atom. The Morgan fingerprint density at radius 2 is 2.31 bits per heavy atom. The van der Waals surface area contributed by atoms with E-state index in [4.69, 9.17) is 5.84 Å². The fourth-order valence-electron chi connectivity index (χ4n) is 1.31. The van der Waals surface area contributed by atoms with Crippen molar-refractivity contribution in [2.75, 3.05) is 5.43 Å². The van der Waals surface area contributed by atoms with Crippen LogP contribution in [-0.4, -0.2) is 9.55 Å². The van der Waals surface area contributed by atoms with Crippen molar-refractivity contribution in [3.8, 4) is 0 Å². The number of anilines is 1. The van der Waals surface area contributed by atoms with Crippen molar-refractivity contribution >= 4 is 32.9 Å². The number of hydrogen-bond acceptors (Lipinski definition) is 3. The average Bonchev–Trinajstić information content (AvgIpc) is 2.45. The highest BCUT2D eigenvalue weighted by atomic mass is 79.9. The molecule has 2 rings (SSSR count). The van der Waals surface area contributed by atoms with Crippen LogP contribution in [0.15, 0.2) is 22.7 Å². The van der Waals surface area contributed by atoms with Crippen LogP contribution in [0, 0.1) is 0 Å². The van der Waals surface area contributed by atoms with Crippen LogP contribution in [0.5, 0.6) is 0 Å². The lowest BCUT2D eigenvalue weighted by Crippen LogP contribution is -2.11. The number of hydrogen-bond donors (Lipinski definition) is 2. The van der Waals surface area contributed by atoms with Gasteiger partial charge in [0.1, 0.15) is 5.52 Å². The number of hydrazine groups is 1. The summed E-state index contributed by atoms with van der Waals surface area (Å²) in [4.78, 5) is 4.31. The van der Waals surface area contributed by atoms with Gasteiger partial charge in [-0.15, -0.1) is 0 Å². The van der Waals surface area contributed by atoms with Crippen LogP contribution in [0.2, 0.25) is 0 Å². The quantitative estimate of drug-likeness (QED) is 0.589. The first-order valence-corrected chi connectivity index (χ1v) is 4.61. The molecule has 68 valence electrons. The first-order chi connectivity index (χ1) is 6.24. The molecule has 0 unspecified atom stereocenters.